The summed E-state index contributed by atoms with van der Waals surface area (Å²) in [7, 11) is -3.38. The lowest BCUT2D eigenvalue weighted by molar-refractivity contribution is -0.136. The highest BCUT2D eigenvalue weighted by atomic mass is 35.5. The molecule has 0 aliphatic carbocycles. The highest BCUT2D eigenvalue weighted by molar-refractivity contribution is 7.88. The van der Waals surface area contributed by atoms with Gasteiger partial charge in [0.05, 0.1) is 16.6 Å². The molecule has 29 heavy (non-hydrogen) atoms. The maximum absolute atomic E-state index is 13.0. The van der Waals surface area contributed by atoms with Gasteiger partial charge in [0.2, 0.25) is 15.9 Å². The Balaban J connectivity index is 1.59. The van der Waals surface area contributed by atoms with Crippen molar-refractivity contribution in [3.63, 3.8) is 0 Å². The van der Waals surface area contributed by atoms with Crippen LogP contribution >= 0.6 is 22.9 Å². The number of hydrogen-bond donors (Lipinski definition) is 0. The number of rotatable bonds is 8. The van der Waals surface area contributed by atoms with E-state index in [9.17, 15) is 13.2 Å². The Bertz CT molecular complexity index is 936. The number of sulfonamides is 1. The molecule has 0 unspecified atom stereocenters. The van der Waals surface area contributed by atoms with E-state index in [1.54, 1.807) is 11.0 Å². The molecule has 1 fully saturated rings. The molecule has 0 atom stereocenters. The summed E-state index contributed by atoms with van der Waals surface area (Å²) in [5, 5.41) is 0. The quantitative estimate of drug-likeness (QED) is 0.565. The third kappa shape index (κ3) is 5.92. The van der Waals surface area contributed by atoms with Crippen molar-refractivity contribution in [3.05, 3.63) is 69.9 Å². The second-order valence-corrected chi connectivity index (χ2v) is 10.9. The zero-order valence-electron chi connectivity index (χ0n) is 16.2. The first kappa shape index (κ1) is 22.0. The van der Waals surface area contributed by atoms with E-state index in [4.69, 9.17) is 11.6 Å². The number of carbonyl (C=O) groups is 1. The molecule has 3 rings (SSSR count). The van der Waals surface area contributed by atoms with E-state index in [0.29, 0.717) is 43.4 Å². The first-order chi connectivity index (χ1) is 13.9. The average Bonchev–Trinajstić information content (AvgIpc) is 3.12. The highest BCUT2D eigenvalue weighted by Crippen LogP contribution is 2.26. The van der Waals surface area contributed by atoms with E-state index in [2.05, 4.69) is 6.58 Å². The largest absolute Gasteiger partial charge is 0.334 e. The molecule has 156 valence electrons. The van der Waals surface area contributed by atoms with Gasteiger partial charge >= 0.3 is 0 Å². The van der Waals surface area contributed by atoms with Crippen LogP contribution in [0.4, 0.5) is 0 Å². The second kappa shape index (κ2) is 9.89. The minimum Gasteiger partial charge on any atom is -0.334 e. The zero-order valence-corrected chi connectivity index (χ0v) is 18.6. The molecule has 1 aromatic carbocycles. The Kier molecular flexibility index (Phi) is 7.51. The normalized spacial score (nSPS) is 15.9. The molecule has 1 aromatic heterocycles. The maximum atomic E-state index is 13.0. The molecule has 1 aliphatic rings. The summed E-state index contributed by atoms with van der Waals surface area (Å²) in [6.07, 6.45) is 2.78. The standard InChI is InChI=1S/C21H25ClN2O3S2/c1-2-12-23(15-19-8-9-20(22)28-19)21(25)18-10-13-24(14-11-18)29(26,27)16-17-6-4-3-5-7-17/h2-9,18H,1,10-16H2. The van der Waals surface area contributed by atoms with Crippen molar-refractivity contribution in [3.8, 4) is 0 Å². The van der Waals surface area contributed by atoms with Crippen molar-refractivity contribution in [2.75, 3.05) is 19.6 Å². The molecule has 0 N–H and O–H groups in total. The Labute approximate surface area is 181 Å². The lowest BCUT2D eigenvalue weighted by Gasteiger charge is -2.33. The molecule has 2 heterocycles. The summed E-state index contributed by atoms with van der Waals surface area (Å²) >= 11 is 7.46. The monoisotopic (exact) mass is 452 g/mol. The average molecular weight is 453 g/mol. The van der Waals surface area contributed by atoms with Gasteiger partial charge in [-0.2, -0.15) is 0 Å². The lowest BCUT2D eigenvalue weighted by atomic mass is 9.96. The predicted octanol–water partition coefficient (Wildman–Crippen LogP) is 4.16. The van der Waals surface area contributed by atoms with Gasteiger partial charge in [-0.05, 0) is 30.5 Å². The molecule has 1 aliphatic heterocycles. The van der Waals surface area contributed by atoms with Crippen molar-refractivity contribution < 1.29 is 13.2 Å². The van der Waals surface area contributed by atoms with Crippen LogP contribution in [0.15, 0.2) is 55.1 Å². The lowest BCUT2D eigenvalue weighted by Crippen LogP contribution is -2.44. The van der Waals surface area contributed by atoms with Gasteiger partial charge < -0.3 is 4.90 Å². The number of benzene rings is 1. The van der Waals surface area contributed by atoms with Gasteiger partial charge in [-0.25, -0.2) is 12.7 Å². The molecule has 5 nitrogen and oxygen atoms in total. The molecular weight excluding hydrogens is 428 g/mol. The van der Waals surface area contributed by atoms with Crippen molar-refractivity contribution in [2.45, 2.75) is 25.1 Å². The minimum absolute atomic E-state index is 0.00577. The van der Waals surface area contributed by atoms with Crippen LogP contribution in [0.5, 0.6) is 0 Å². The van der Waals surface area contributed by atoms with E-state index < -0.39 is 10.0 Å². The van der Waals surface area contributed by atoms with Crippen LogP contribution in [0.2, 0.25) is 4.34 Å². The fourth-order valence-electron chi connectivity index (χ4n) is 3.53. The molecule has 0 radical (unpaired) electrons. The fraction of sp³-hybridized carbons (Fsp3) is 0.381. The fourth-order valence-corrected chi connectivity index (χ4v) is 6.20. The van der Waals surface area contributed by atoms with Gasteiger partial charge in [0.15, 0.2) is 0 Å². The second-order valence-electron chi connectivity index (χ2n) is 7.13. The number of nitrogens with zero attached hydrogens (tertiary/aromatic N) is 2. The van der Waals surface area contributed by atoms with Crippen LogP contribution in [-0.2, 0) is 27.1 Å². The number of amides is 1. The third-order valence-electron chi connectivity index (χ3n) is 5.03. The molecule has 2 aromatic rings. The zero-order chi connectivity index (χ0) is 20.9. The summed E-state index contributed by atoms with van der Waals surface area (Å²) in [4.78, 5) is 15.8. The maximum Gasteiger partial charge on any atom is 0.226 e. The number of piperidine rings is 1. The first-order valence-electron chi connectivity index (χ1n) is 9.54. The van der Waals surface area contributed by atoms with Crippen LogP contribution < -0.4 is 0 Å². The van der Waals surface area contributed by atoms with Gasteiger partial charge in [0, 0.05) is 30.4 Å². The minimum atomic E-state index is -3.38. The van der Waals surface area contributed by atoms with Gasteiger partial charge in [-0.1, -0.05) is 48.0 Å². The van der Waals surface area contributed by atoms with Crippen LogP contribution in [0.1, 0.15) is 23.3 Å². The summed E-state index contributed by atoms with van der Waals surface area (Å²) < 4.78 is 27.6. The number of thiophene rings is 1. The molecule has 1 saturated heterocycles. The third-order valence-corrected chi connectivity index (χ3v) is 8.09. The van der Waals surface area contributed by atoms with Gasteiger partial charge in [-0.15, -0.1) is 17.9 Å². The van der Waals surface area contributed by atoms with E-state index in [-0.39, 0.29) is 17.6 Å². The Morgan fingerprint density at radius 3 is 2.48 bits per heavy atom. The molecule has 0 bridgehead atoms. The topological polar surface area (TPSA) is 57.7 Å². The molecule has 0 spiro atoms. The van der Waals surface area contributed by atoms with E-state index in [1.165, 1.54) is 15.6 Å². The smallest absolute Gasteiger partial charge is 0.226 e. The van der Waals surface area contributed by atoms with Gasteiger partial charge in [0.1, 0.15) is 0 Å². The van der Waals surface area contributed by atoms with E-state index in [0.717, 1.165) is 10.4 Å². The van der Waals surface area contributed by atoms with Crippen molar-refractivity contribution in [2.24, 2.45) is 5.92 Å². The van der Waals surface area contributed by atoms with Crippen LogP contribution in [-0.4, -0.2) is 43.2 Å². The number of carbonyl (C=O) groups excluding carboxylic acids is 1. The number of hydrogen-bond acceptors (Lipinski definition) is 4. The molecule has 1 amide bonds. The van der Waals surface area contributed by atoms with E-state index in [1.807, 2.05) is 42.5 Å². The van der Waals surface area contributed by atoms with E-state index >= 15 is 0 Å². The van der Waals surface area contributed by atoms with Gasteiger partial charge in [-0.3, -0.25) is 4.79 Å². The summed E-state index contributed by atoms with van der Waals surface area (Å²) in [5.74, 6) is -0.128. The Morgan fingerprint density at radius 2 is 1.90 bits per heavy atom. The molecule has 0 saturated carbocycles. The SMILES string of the molecule is C=CCN(Cc1ccc(Cl)s1)C(=O)C1CCN(S(=O)(=O)Cc2ccccc2)CC1. The van der Waals surface area contributed by atoms with Crippen molar-refractivity contribution in [1.29, 1.82) is 0 Å². The molecule has 8 heteroatoms. The number of halogens is 1. The van der Waals surface area contributed by atoms with Crippen LogP contribution in [0.25, 0.3) is 0 Å². The molecular formula is C21H25ClN2O3S2. The summed E-state index contributed by atoms with van der Waals surface area (Å²) in [5.41, 5.74) is 0.775. The van der Waals surface area contributed by atoms with Gasteiger partial charge in [0.25, 0.3) is 0 Å². The highest BCUT2D eigenvalue weighted by Gasteiger charge is 2.33. The predicted molar refractivity (Wildman–Crippen MR) is 118 cm³/mol. The van der Waals surface area contributed by atoms with Crippen LogP contribution in [0.3, 0.4) is 0 Å². The Morgan fingerprint density at radius 1 is 1.21 bits per heavy atom. The first-order valence-corrected chi connectivity index (χ1v) is 12.3. The summed E-state index contributed by atoms with van der Waals surface area (Å²) in [6.45, 7) is 5.46. The van der Waals surface area contributed by atoms with Crippen molar-refractivity contribution >= 4 is 38.9 Å². The summed E-state index contributed by atoms with van der Waals surface area (Å²) in [6, 6.07) is 12.9. The van der Waals surface area contributed by atoms with Crippen molar-refractivity contribution in [1.82, 2.24) is 9.21 Å². The Hall–Kier alpha value is -1.67. The van der Waals surface area contributed by atoms with Crippen LogP contribution in [0, 0.1) is 5.92 Å².